The van der Waals surface area contributed by atoms with Crippen molar-refractivity contribution in [2.45, 2.75) is 31.8 Å². The Hall–Kier alpha value is -0.320. The fraction of sp³-hybridized carbons (Fsp3) is 0.647. The van der Waals surface area contributed by atoms with E-state index in [2.05, 4.69) is 10.2 Å². The minimum Gasteiger partial charge on any atom is -0.381 e. The van der Waals surface area contributed by atoms with Gasteiger partial charge < -0.3 is 10.1 Å². The highest BCUT2D eigenvalue weighted by atomic mass is 35.5. The van der Waals surface area contributed by atoms with Crippen LogP contribution in [-0.2, 0) is 11.3 Å². The zero-order chi connectivity index (χ0) is 15.4. The number of hydrogen-bond acceptors (Lipinski definition) is 3. The minimum atomic E-state index is 0.604. The van der Waals surface area contributed by atoms with Crippen LogP contribution in [0.15, 0.2) is 18.2 Å². The van der Waals surface area contributed by atoms with E-state index in [1.165, 1.54) is 12.0 Å². The fourth-order valence-electron chi connectivity index (χ4n) is 3.53. The van der Waals surface area contributed by atoms with Gasteiger partial charge in [0.2, 0.25) is 0 Å². The van der Waals surface area contributed by atoms with Gasteiger partial charge in [-0.15, -0.1) is 0 Å². The molecule has 3 nitrogen and oxygen atoms in total. The van der Waals surface area contributed by atoms with Gasteiger partial charge >= 0.3 is 0 Å². The minimum absolute atomic E-state index is 0.604. The first kappa shape index (κ1) is 16.5. The summed E-state index contributed by atoms with van der Waals surface area (Å²) in [6, 6.07) is 6.47. The lowest BCUT2D eigenvalue weighted by Crippen LogP contribution is -2.42. The molecule has 0 aliphatic carbocycles. The van der Waals surface area contributed by atoms with Crippen molar-refractivity contribution in [1.29, 1.82) is 0 Å². The second-order valence-corrected chi connectivity index (χ2v) is 7.28. The third kappa shape index (κ3) is 4.59. The van der Waals surface area contributed by atoms with Crippen LogP contribution in [0.2, 0.25) is 10.0 Å². The second kappa shape index (κ2) is 7.98. The standard InChI is InChI=1S/C17H24Cl2N2O/c18-15-7-14(8-16(19)9-15)12-21(11-13-1-4-20-10-13)17-2-5-22-6-3-17/h7-9,13,17,20H,1-6,10-12H2/t13-/m0/s1. The van der Waals surface area contributed by atoms with E-state index in [0.29, 0.717) is 6.04 Å². The van der Waals surface area contributed by atoms with Gasteiger partial charge in [-0.3, -0.25) is 4.90 Å². The Kier molecular flexibility index (Phi) is 6.00. The molecular weight excluding hydrogens is 319 g/mol. The van der Waals surface area contributed by atoms with Crippen LogP contribution in [0.5, 0.6) is 0 Å². The number of nitrogens with one attached hydrogen (secondary N) is 1. The van der Waals surface area contributed by atoms with Gasteiger partial charge in [0.05, 0.1) is 0 Å². The van der Waals surface area contributed by atoms with E-state index in [0.717, 1.165) is 68.2 Å². The molecule has 1 aromatic rings. The number of halogens is 2. The molecule has 2 aliphatic rings. The molecule has 5 heteroatoms. The maximum Gasteiger partial charge on any atom is 0.0480 e. The second-order valence-electron chi connectivity index (χ2n) is 6.41. The Morgan fingerprint density at radius 2 is 1.82 bits per heavy atom. The molecule has 0 amide bonds. The average Bonchev–Trinajstić information content (AvgIpc) is 2.99. The summed E-state index contributed by atoms with van der Waals surface area (Å²) in [4.78, 5) is 2.61. The van der Waals surface area contributed by atoms with E-state index >= 15 is 0 Å². The zero-order valence-electron chi connectivity index (χ0n) is 12.9. The molecule has 0 spiro atoms. The summed E-state index contributed by atoms with van der Waals surface area (Å²) in [5.74, 6) is 0.748. The quantitative estimate of drug-likeness (QED) is 0.884. The van der Waals surface area contributed by atoms with Crippen molar-refractivity contribution in [3.63, 3.8) is 0 Å². The highest BCUT2D eigenvalue weighted by Crippen LogP contribution is 2.24. The molecule has 1 N–H and O–H groups in total. The molecule has 0 aromatic heterocycles. The van der Waals surface area contributed by atoms with E-state index in [1.54, 1.807) is 6.07 Å². The first-order valence-electron chi connectivity index (χ1n) is 8.18. The van der Waals surface area contributed by atoms with Gasteiger partial charge in [-0.25, -0.2) is 0 Å². The first-order valence-corrected chi connectivity index (χ1v) is 8.94. The lowest BCUT2D eigenvalue weighted by atomic mass is 10.0. The summed E-state index contributed by atoms with van der Waals surface area (Å²) in [7, 11) is 0. The first-order chi connectivity index (χ1) is 10.7. The number of nitrogens with zero attached hydrogens (tertiary/aromatic N) is 1. The van der Waals surface area contributed by atoms with Gasteiger partial charge in [0.1, 0.15) is 0 Å². The van der Waals surface area contributed by atoms with Crippen molar-refractivity contribution in [2.75, 3.05) is 32.8 Å². The predicted molar refractivity (Wildman–Crippen MR) is 91.7 cm³/mol. The number of ether oxygens (including phenoxy) is 1. The molecule has 1 aromatic carbocycles. The van der Waals surface area contributed by atoms with E-state index in [1.807, 2.05) is 12.1 Å². The zero-order valence-corrected chi connectivity index (χ0v) is 14.4. The number of benzene rings is 1. The molecule has 0 bridgehead atoms. The Labute approximate surface area is 142 Å². The largest absolute Gasteiger partial charge is 0.381 e. The van der Waals surface area contributed by atoms with Crippen LogP contribution in [0.25, 0.3) is 0 Å². The van der Waals surface area contributed by atoms with E-state index in [4.69, 9.17) is 27.9 Å². The molecule has 2 fully saturated rings. The predicted octanol–water partition coefficient (Wildman–Crippen LogP) is 3.58. The van der Waals surface area contributed by atoms with Crippen LogP contribution in [-0.4, -0.2) is 43.8 Å². The van der Waals surface area contributed by atoms with Gasteiger partial charge in [-0.2, -0.15) is 0 Å². The van der Waals surface area contributed by atoms with Gasteiger partial charge in [0.25, 0.3) is 0 Å². The van der Waals surface area contributed by atoms with Crippen molar-refractivity contribution in [1.82, 2.24) is 10.2 Å². The maximum absolute atomic E-state index is 6.16. The van der Waals surface area contributed by atoms with Crippen LogP contribution >= 0.6 is 23.2 Å². The van der Waals surface area contributed by atoms with Gasteiger partial charge in [0, 0.05) is 42.4 Å². The maximum atomic E-state index is 6.16. The lowest BCUT2D eigenvalue weighted by molar-refractivity contribution is 0.0259. The molecule has 22 heavy (non-hydrogen) atoms. The third-order valence-corrected chi connectivity index (χ3v) is 5.11. The van der Waals surface area contributed by atoms with Crippen molar-refractivity contribution < 1.29 is 4.74 Å². The molecule has 2 saturated heterocycles. The lowest BCUT2D eigenvalue weighted by Gasteiger charge is -2.36. The number of hydrogen-bond donors (Lipinski definition) is 1. The van der Waals surface area contributed by atoms with Crippen molar-refractivity contribution in [3.05, 3.63) is 33.8 Å². The Bertz CT molecular complexity index is 465. The SMILES string of the molecule is Clc1cc(Cl)cc(CN(C[C@H]2CCNC2)C2CCOCC2)c1. The topological polar surface area (TPSA) is 24.5 Å². The summed E-state index contributed by atoms with van der Waals surface area (Å²) in [6.45, 7) is 6.09. The summed E-state index contributed by atoms with van der Waals surface area (Å²) in [5, 5.41) is 4.91. The Balaban J connectivity index is 1.71. The third-order valence-electron chi connectivity index (χ3n) is 4.67. The Morgan fingerprint density at radius 1 is 1.09 bits per heavy atom. The molecule has 122 valence electrons. The van der Waals surface area contributed by atoms with Crippen molar-refractivity contribution in [3.8, 4) is 0 Å². The van der Waals surface area contributed by atoms with Gasteiger partial charge in [-0.05, 0) is 62.0 Å². The molecule has 2 heterocycles. The van der Waals surface area contributed by atoms with Gasteiger partial charge in [-0.1, -0.05) is 23.2 Å². The van der Waals surface area contributed by atoms with E-state index < -0.39 is 0 Å². The van der Waals surface area contributed by atoms with Crippen LogP contribution in [0.3, 0.4) is 0 Å². The highest BCUT2D eigenvalue weighted by Gasteiger charge is 2.25. The average molecular weight is 343 g/mol. The smallest absolute Gasteiger partial charge is 0.0480 e. The van der Waals surface area contributed by atoms with Crippen LogP contribution in [0.4, 0.5) is 0 Å². The normalized spacial score (nSPS) is 23.3. The summed E-state index contributed by atoms with van der Waals surface area (Å²) in [5.41, 5.74) is 1.20. The molecule has 0 unspecified atom stereocenters. The van der Waals surface area contributed by atoms with Crippen LogP contribution < -0.4 is 5.32 Å². The van der Waals surface area contributed by atoms with Gasteiger partial charge in [0.15, 0.2) is 0 Å². The monoisotopic (exact) mass is 342 g/mol. The molecule has 0 saturated carbocycles. The van der Waals surface area contributed by atoms with E-state index in [9.17, 15) is 0 Å². The fourth-order valence-corrected chi connectivity index (χ4v) is 4.10. The van der Waals surface area contributed by atoms with Crippen LogP contribution in [0.1, 0.15) is 24.8 Å². The van der Waals surface area contributed by atoms with E-state index in [-0.39, 0.29) is 0 Å². The highest BCUT2D eigenvalue weighted by molar-refractivity contribution is 6.34. The number of rotatable bonds is 5. The summed E-state index contributed by atoms with van der Waals surface area (Å²) < 4.78 is 5.53. The molecule has 1 atom stereocenters. The van der Waals surface area contributed by atoms with Crippen LogP contribution in [0, 0.1) is 5.92 Å². The van der Waals surface area contributed by atoms with Crippen molar-refractivity contribution >= 4 is 23.2 Å². The molecular formula is C17H24Cl2N2O. The molecule has 0 radical (unpaired) electrons. The summed E-state index contributed by atoms with van der Waals surface area (Å²) in [6.07, 6.45) is 3.51. The molecule has 3 rings (SSSR count). The molecule has 2 aliphatic heterocycles. The Morgan fingerprint density at radius 3 is 2.45 bits per heavy atom. The van der Waals surface area contributed by atoms with Crippen molar-refractivity contribution in [2.24, 2.45) is 5.92 Å². The summed E-state index contributed by atoms with van der Waals surface area (Å²) >= 11 is 12.3.